The van der Waals surface area contributed by atoms with Crippen LogP contribution in [0.1, 0.15) is 43.2 Å². The van der Waals surface area contributed by atoms with Crippen LogP contribution in [0, 0.1) is 0 Å². The van der Waals surface area contributed by atoms with Gasteiger partial charge < -0.3 is 14.9 Å². The van der Waals surface area contributed by atoms with E-state index < -0.39 is 0 Å². The number of nitrogens with two attached hydrogens (primary N) is 1. The standard InChI is InChI=1S/C16H21NO2/c1-3-10-18-13-7-5-12(6-8-13)16(17)14-9-11-19-15(14)4-2/h5-9,11,16H,3-4,10,17H2,1-2H3. The maximum atomic E-state index is 6.29. The minimum absolute atomic E-state index is 0.145. The van der Waals surface area contributed by atoms with E-state index in [4.69, 9.17) is 14.9 Å². The fraction of sp³-hybridized carbons (Fsp3) is 0.375. The number of rotatable bonds is 6. The number of hydrogen-bond donors (Lipinski definition) is 1. The highest BCUT2D eigenvalue weighted by Gasteiger charge is 2.14. The van der Waals surface area contributed by atoms with E-state index in [1.807, 2.05) is 30.3 Å². The highest BCUT2D eigenvalue weighted by molar-refractivity contribution is 5.36. The lowest BCUT2D eigenvalue weighted by Gasteiger charge is -2.13. The van der Waals surface area contributed by atoms with E-state index in [-0.39, 0.29) is 6.04 Å². The summed E-state index contributed by atoms with van der Waals surface area (Å²) in [4.78, 5) is 0. The second kappa shape index (κ2) is 6.43. The molecule has 2 N–H and O–H groups in total. The van der Waals surface area contributed by atoms with Gasteiger partial charge in [-0.3, -0.25) is 0 Å². The van der Waals surface area contributed by atoms with Gasteiger partial charge in [-0.05, 0) is 30.2 Å². The molecule has 1 heterocycles. The van der Waals surface area contributed by atoms with E-state index >= 15 is 0 Å². The fourth-order valence-corrected chi connectivity index (χ4v) is 2.09. The van der Waals surface area contributed by atoms with Crippen molar-refractivity contribution < 1.29 is 9.15 Å². The third-order valence-corrected chi connectivity index (χ3v) is 3.15. The molecular formula is C16H21NO2. The summed E-state index contributed by atoms with van der Waals surface area (Å²) < 4.78 is 11.0. The smallest absolute Gasteiger partial charge is 0.119 e. The van der Waals surface area contributed by atoms with Crippen LogP contribution in [0.15, 0.2) is 41.0 Å². The number of benzene rings is 1. The molecule has 2 rings (SSSR count). The first-order chi connectivity index (χ1) is 9.26. The zero-order valence-electron chi connectivity index (χ0n) is 11.6. The largest absolute Gasteiger partial charge is 0.494 e. The van der Waals surface area contributed by atoms with Crippen molar-refractivity contribution in [3.05, 3.63) is 53.5 Å². The molecule has 1 aromatic carbocycles. The summed E-state index contributed by atoms with van der Waals surface area (Å²) in [5.74, 6) is 1.85. The van der Waals surface area contributed by atoms with Gasteiger partial charge in [0.15, 0.2) is 0 Å². The summed E-state index contributed by atoms with van der Waals surface area (Å²) in [6.07, 6.45) is 3.57. The number of furan rings is 1. The predicted molar refractivity (Wildman–Crippen MR) is 76.3 cm³/mol. The van der Waals surface area contributed by atoms with Gasteiger partial charge in [0.25, 0.3) is 0 Å². The zero-order chi connectivity index (χ0) is 13.7. The van der Waals surface area contributed by atoms with Crippen LogP contribution in [-0.2, 0) is 6.42 Å². The molecule has 1 aromatic heterocycles. The highest BCUT2D eigenvalue weighted by Crippen LogP contribution is 2.25. The summed E-state index contributed by atoms with van der Waals surface area (Å²) in [5, 5.41) is 0. The van der Waals surface area contributed by atoms with E-state index in [9.17, 15) is 0 Å². The Balaban J connectivity index is 2.13. The van der Waals surface area contributed by atoms with Crippen molar-refractivity contribution in [2.75, 3.05) is 6.61 Å². The first-order valence-corrected chi connectivity index (χ1v) is 6.80. The molecule has 19 heavy (non-hydrogen) atoms. The molecule has 3 heteroatoms. The van der Waals surface area contributed by atoms with Crippen LogP contribution in [0.25, 0.3) is 0 Å². The average molecular weight is 259 g/mol. The topological polar surface area (TPSA) is 48.4 Å². The molecule has 3 nitrogen and oxygen atoms in total. The molecular weight excluding hydrogens is 238 g/mol. The van der Waals surface area contributed by atoms with E-state index in [0.29, 0.717) is 0 Å². The van der Waals surface area contributed by atoms with Gasteiger partial charge >= 0.3 is 0 Å². The maximum absolute atomic E-state index is 6.29. The Kier molecular flexibility index (Phi) is 4.63. The molecule has 0 saturated carbocycles. The quantitative estimate of drug-likeness (QED) is 0.860. The van der Waals surface area contributed by atoms with Crippen LogP contribution in [0.2, 0.25) is 0 Å². The van der Waals surface area contributed by atoms with E-state index in [1.165, 1.54) is 0 Å². The summed E-state index contributed by atoms with van der Waals surface area (Å²) in [6, 6.07) is 9.77. The van der Waals surface area contributed by atoms with Crippen molar-refractivity contribution in [2.45, 2.75) is 32.7 Å². The molecule has 0 aliphatic carbocycles. The normalized spacial score (nSPS) is 12.4. The lowest BCUT2D eigenvalue weighted by molar-refractivity contribution is 0.317. The van der Waals surface area contributed by atoms with Crippen LogP contribution in [0.5, 0.6) is 5.75 Å². The van der Waals surface area contributed by atoms with Crippen LogP contribution in [0.3, 0.4) is 0 Å². The molecule has 0 aliphatic heterocycles. The molecule has 0 fully saturated rings. The fourth-order valence-electron chi connectivity index (χ4n) is 2.09. The molecule has 2 aromatic rings. The van der Waals surface area contributed by atoms with Crippen LogP contribution in [0.4, 0.5) is 0 Å². The van der Waals surface area contributed by atoms with Crippen molar-refractivity contribution in [3.8, 4) is 5.75 Å². The summed E-state index contributed by atoms with van der Waals surface area (Å²) >= 11 is 0. The minimum atomic E-state index is -0.145. The predicted octanol–water partition coefficient (Wildman–Crippen LogP) is 3.68. The van der Waals surface area contributed by atoms with E-state index in [2.05, 4.69) is 13.8 Å². The lowest BCUT2D eigenvalue weighted by atomic mass is 9.99. The number of aryl methyl sites for hydroxylation is 1. The molecule has 0 bridgehead atoms. The molecule has 1 unspecified atom stereocenters. The Bertz CT molecular complexity index is 502. The van der Waals surface area contributed by atoms with Gasteiger partial charge in [-0.1, -0.05) is 26.0 Å². The Morgan fingerprint density at radius 3 is 2.53 bits per heavy atom. The number of ether oxygens (including phenoxy) is 1. The summed E-state index contributed by atoms with van der Waals surface area (Å²) in [5.41, 5.74) is 8.42. The third kappa shape index (κ3) is 3.18. The first-order valence-electron chi connectivity index (χ1n) is 6.80. The highest BCUT2D eigenvalue weighted by atomic mass is 16.5. The maximum Gasteiger partial charge on any atom is 0.119 e. The molecule has 102 valence electrons. The van der Waals surface area contributed by atoms with Crippen molar-refractivity contribution in [2.24, 2.45) is 5.73 Å². The van der Waals surface area contributed by atoms with Crippen LogP contribution >= 0.6 is 0 Å². The Hall–Kier alpha value is -1.74. The van der Waals surface area contributed by atoms with Gasteiger partial charge in [0.05, 0.1) is 18.9 Å². The Morgan fingerprint density at radius 2 is 1.89 bits per heavy atom. The van der Waals surface area contributed by atoms with Crippen molar-refractivity contribution >= 4 is 0 Å². The van der Waals surface area contributed by atoms with Crippen LogP contribution in [-0.4, -0.2) is 6.61 Å². The molecule has 1 atom stereocenters. The van der Waals surface area contributed by atoms with E-state index in [1.54, 1.807) is 6.26 Å². The van der Waals surface area contributed by atoms with Gasteiger partial charge in [-0.2, -0.15) is 0 Å². The Morgan fingerprint density at radius 1 is 1.16 bits per heavy atom. The SMILES string of the molecule is CCCOc1ccc(C(N)c2ccoc2CC)cc1. The van der Waals surface area contributed by atoms with Crippen molar-refractivity contribution in [1.29, 1.82) is 0 Å². The summed E-state index contributed by atoms with van der Waals surface area (Å²) in [6.45, 7) is 4.90. The minimum Gasteiger partial charge on any atom is -0.494 e. The second-order valence-corrected chi connectivity index (χ2v) is 4.55. The molecule has 0 amide bonds. The monoisotopic (exact) mass is 259 g/mol. The molecule has 0 radical (unpaired) electrons. The zero-order valence-corrected chi connectivity index (χ0v) is 11.6. The number of hydrogen-bond acceptors (Lipinski definition) is 3. The van der Waals surface area contributed by atoms with Gasteiger partial charge in [0, 0.05) is 12.0 Å². The molecule has 0 saturated heterocycles. The molecule has 0 aliphatic rings. The second-order valence-electron chi connectivity index (χ2n) is 4.55. The van der Waals surface area contributed by atoms with Gasteiger partial charge in [0.2, 0.25) is 0 Å². The van der Waals surface area contributed by atoms with Crippen molar-refractivity contribution in [1.82, 2.24) is 0 Å². The van der Waals surface area contributed by atoms with Gasteiger partial charge in [0.1, 0.15) is 11.5 Å². The Labute approximate surface area is 114 Å². The van der Waals surface area contributed by atoms with Gasteiger partial charge in [-0.15, -0.1) is 0 Å². The molecule has 0 spiro atoms. The third-order valence-electron chi connectivity index (χ3n) is 3.15. The van der Waals surface area contributed by atoms with Crippen molar-refractivity contribution in [3.63, 3.8) is 0 Å². The van der Waals surface area contributed by atoms with E-state index in [0.717, 1.165) is 42.1 Å². The lowest BCUT2D eigenvalue weighted by Crippen LogP contribution is -2.12. The summed E-state index contributed by atoms with van der Waals surface area (Å²) in [7, 11) is 0. The van der Waals surface area contributed by atoms with Crippen LogP contribution < -0.4 is 10.5 Å². The van der Waals surface area contributed by atoms with Gasteiger partial charge in [-0.25, -0.2) is 0 Å². The average Bonchev–Trinajstić information content (AvgIpc) is 2.93. The first kappa shape index (κ1) is 13.7.